The van der Waals surface area contributed by atoms with Gasteiger partial charge in [0.1, 0.15) is 0 Å². The number of unbranched alkanes of at least 4 members (excludes halogenated alkanes) is 12. The lowest BCUT2D eigenvalue weighted by molar-refractivity contribution is -0.142. The first-order valence-corrected chi connectivity index (χ1v) is 11.9. The minimum atomic E-state index is -0.185. The maximum absolute atomic E-state index is 11.8. The van der Waals surface area contributed by atoms with E-state index >= 15 is 0 Å². The van der Waals surface area contributed by atoms with Gasteiger partial charge in [-0.3, -0.25) is 4.79 Å². The monoisotopic (exact) mass is 401 g/mol. The molecule has 0 bridgehead atoms. The van der Waals surface area contributed by atoms with E-state index in [0.717, 1.165) is 18.4 Å². The molecular weight excluding hydrogens is 358 g/mol. The Kier molecular flexibility index (Phi) is 15.9. The lowest BCUT2D eigenvalue weighted by atomic mass is 10.1. The number of nitrogen functional groups attached to an aromatic ring is 1. The lowest BCUT2D eigenvalue weighted by Crippen LogP contribution is -2.10. The molecule has 0 aliphatic heterocycles. The average Bonchev–Trinajstić information content (AvgIpc) is 2.72. The van der Waals surface area contributed by atoms with Crippen LogP contribution in [0.1, 0.15) is 102 Å². The van der Waals surface area contributed by atoms with Gasteiger partial charge in [0.2, 0.25) is 0 Å². The summed E-state index contributed by atoms with van der Waals surface area (Å²) in [5.41, 5.74) is 7.35. The molecule has 0 unspecified atom stereocenters. The Labute approximate surface area is 179 Å². The molecule has 29 heavy (non-hydrogen) atoms. The number of carbonyl (C=O) groups is 1. The zero-order valence-electron chi connectivity index (χ0n) is 18.7. The molecule has 3 heteroatoms. The van der Waals surface area contributed by atoms with Crippen LogP contribution in [0, 0.1) is 0 Å². The van der Waals surface area contributed by atoms with Crippen molar-refractivity contribution in [1.29, 1.82) is 0 Å². The van der Waals surface area contributed by atoms with E-state index in [9.17, 15) is 4.79 Å². The summed E-state index contributed by atoms with van der Waals surface area (Å²) in [5.74, 6) is -0.185. The summed E-state index contributed by atoms with van der Waals surface area (Å²) in [6.45, 7) is 2.79. The van der Waals surface area contributed by atoms with E-state index in [2.05, 4.69) is 19.1 Å². The Morgan fingerprint density at radius 3 is 2.00 bits per heavy atom. The lowest BCUT2D eigenvalue weighted by Gasteiger charge is -2.06. The average molecular weight is 402 g/mol. The number of nitrogens with two attached hydrogens (primary N) is 1. The number of ether oxygens (including phenoxy) is 1. The van der Waals surface area contributed by atoms with E-state index in [1.165, 1.54) is 77.0 Å². The van der Waals surface area contributed by atoms with E-state index < -0.39 is 0 Å². The van der Waals surface area contributed by atoms with Crippen LogP contribution >= 0.6 is 0 Å². The molecule has 0 spiro atoms. The molecule has 1 aromatic carbocycles. The van der Waals surface area contributed by atoms with Crippen LogP contribution in [0.5, 0.6) is 0 Å². The van der Waals surface area contributed by atoms with Gasteiger partial charge in [-0.25, -0.2) is 0 Å². The molecule has 1 aromatic rings. The van der Waals surface area contributed by atoms with Crippen molar-refractivity contribution in [1.82, 2.24) is 0 Å². The molecule has 0 aliphatic rings. The van der Waals surface area contributed by atoms with Crippen molar-refractivity contribution in [2.75, 3.05) is 12.3 Å². The highest BCUT2D eigenvalue weighted by Crippen LogP contribution is 2.12. The summed E-state index contributed by atoms with van der Waals surface area (Å²) in [6.07, 6.45) is 22.9. The summed E-state index contributed by atoms with van der Waals surface area (Å²) >= 11 is 0. The van der Waals surface area contributed by atoms with Gasteiger partial charge < -0.3 is 10.5 Å². The van der Waals surface area contributed by atoms with Gasteiger partial charge in [-0.2, -0.15) is 0 Å². The maximum atomic E-state index is 11.8. The number of benzene rings is 1. The number of anilines is 1. The second-order valence-electron chi connectivity index (χ2n) is 8.03. The summed E-state index contributed by atoms with van der Waals surface area (Å²) in [5, 5.41) is 0. The zero-order chi connectivity index (χ0) is 21.0. The number of para-hydroxylation sites is 1. The van der Waals surface area contributed by atoms with Gasteiger partial charge in [-0.05, 0) is 43.7 Å². The summed E-state index contributed by atoms with van der Waals surface area (Å²) in [6, 6.07) is 7.45. The summed E-state index contributed by atoms with van der Waals surface area (Å²) < 4.78 is 5.32. The molecule has 2 N–H and O–H groups in total. The van der Waals surface area contributed by atoms with Gasteiger partial charge in [0.15, 0.2) is 0 Å². The molecular formula is C26H43NO2. The largest absolute Gasteiger partial charge is 0.465 e. The fourth-order valence-electron chi connectivity index (χ4n) is 3.44. The Morgan fingerprint density at radius 2 is 1.38 bits per heavy atom. The highest BCUT2D eigenvalue weighted by Gasteiger charge is 2.06. The fraction of sp³-hybridized carbons (Fsp3) is 0.654. The molecule has 0 fully saturated rings. The SMILES string of the molecule is CCCCCCCCC=CCCCCCCCCOC(=O)Cc1ccccc1N. The Bertz CT molecular complexity index is 553. The third-order valence-electron chi connectivity index (χ3n) is 5.31. The maximum Gasteiger partial charge on any atom is 0.310 e. The van der Waals surface area contributed by atoms with E-state index in [1.807, 2.05) is 24.3 Å². The fourth-order valence-corrected chi connectivity index (χ4v) is 3.44. The highest BCUT2D eigenvalue weighted by molar-refractivity contribution is 5.74. The Hall–Kier alpha value is -1.77. The van der Waals surface area contributed by atoms with Crippen LogP contribution in [0.15, 0.2) is 36.4 Å². The molecule has 0 amide bonds. The topological polar surface area (TPSA) is 52.3 Å². The number of carbonyl (C=O) groups excluding carboxylic acids is 1. The molecule has 0 saturated carbocycles. The van der Waals surface area contributed by atoms with Gasteiger partial charge in [0.25, 0.3) is 0 Å². The van der Waals surface area contributed by atoms with Crippen LogP contribution in [-0.2, 0) is 16.0 Å². The van der Waals surface area contributed by atoms with Crippen molar-refractivity contribution >= 4 is 11.7 Å². The number of hydrogen-bond donors (Lipinski definition) is 1. The van der Waals surface area contributed by atoms with Gasteiger partial charge >= 0.3 is 5.97 Å². The molecule has 3 nitrogen and oxygen atoms in total. The highest BCUT2D eigenvalue weighted by atomic mass is 16.5. The molecule has 0 aromatic heterocycles. The summed E-state index contributed by atoms with van der Waals surface area (Å²) in [4.78, 5) is 11.8. The molecule has 1 rings (SSSR count). The third kappa shape index (κ3) is 14.8. The van der Waals surface area contributed by atoms with Crippen LogP contribution in [0.2, 0.25) is 0 Å². The normalized spacial score (nSPS) is 11.2. The van der Waals surface area contributed by atoms with Gasteiger partial charge in [0, 0.05) is 5.69 Å². The second kappa shape index (κ2) is 18.3. The third-order valence-corrected chi connectivity index (χ3v) is 5.31. The van der Waals surface area contributed by atoms with Crippen LogP contribution in [-0.4, -0.2) is 12.6 Å². The standard InChI is InChI=1S/C26H43NO2/c1-2-3-4-5-6-7-8-9-10-11-12-13-14-15-16-19-22-29-26(28)23-24-20-17-18-21-25(24)27/h9-10,17-18,20-21H,2-8,11-16,19,22-23,27H2,1H3. The molecule has 0 radical (unpaired) electrons. The first kappa shape index (κ1) is 25.3. The van der Waals surface area contributed by atoms with E-state index in [-0.39, 0.29) is 12.4 Å². The Balaban J connectivity index is 1.83. The van der Waals surface area contributed by atoms with Crippen molar-refractivity contribution in [2.45, 2.75) is 103 Å². The predicted octanol–water partition coefficient (Wildman–Crippen LogP) is 7.39. The van der Waals surface area contributed by atoms with Crippen molar-refractivity contribution < 1.29 is 9.53 Å². The van der Waals surface area contributed by atoms with Crippen LogP contribution in [0.3, 0.4) is 0 Å². The van der Waals surface area contributed by atoms with E-state index in [1.54, 1.807) is 0 Å². The Morgan fingerprint density at radius 1 is 0.828 bits per heavy atom. The number of hydrogen-bond acceptors (Lipinski definition) is 3. The minimum Gasteiger partial charge on any atom is -0.465 e. The molecule has 0 heterocycles. The zero-order valence-corrected chi connectivity index (χ0v) is 18.7. The molecule has 0 saturated heterocycles. The first-order valence-electron chi connectivity index (χ1n) is 11.9. The van der Waals surface area contributed by atoms with Crippen LogP contribution in [0.25, 0.3) is 0 Å². The van der Waals surface area contributed by atoms with Crippen molar-refractivity contribution in [3.05, 3.63) is 42.0 Å². The smallest absolute Gasteiger partial charge is 0.310 e. The van der Waals surface area contributed by atoms with Gasteiger partial charge in [0.05, 0.1) is 13.0 Å². The van der Waals surface area contributed by atoms with E-state index in [0.29, 0.717) is 12.3 Å². The van der Waals surface area contributed by atoms with Crippen molar-refractivity contribution in [3.8, 4) is 0 Å². The van der Waals surface area contributed by atoms with Crippen molar-refractivity contribution in [3.63, 3.8) is 0 Å². The molecule has 164 valence electrons. The van der Waals surface area contributed by atoms with E-state index in [4.69, 9.17) is 10.5 Å². The van der Waals surface area contributed by atoms with Gasteiger partial charge in [-0.15, -0.1) is 0 Å². The second-order valence-corrected chi connectivity index (χ2v) is 8.03. The first-order chi connectivity index (χ1) is 14.2. The number of allylic oxidation sites excluding steroid dienone is 2. The predicted molar refractivity (Wildman–Crippen MR) is 125 cm³/mol. The number of esters is 1. The van der Waals surface area contributed by atoms with Crippen molar-refractivity contribution in [2.24, 2.45) is 0 Å². The van der Waals surface area contributed by atoms with Crippen LogP contribution < -0.4 is 5.73 Å². The van der Waals surface area contributed by atoms with Crippen LogP contribution in [0.4, 0.5) is 5.69 Å². The number of rotatable bonds is 18. The van der Waals surface area contributed by atoms with Gasteiger partial charge in [-0.1, -0.05) is 95.1 Å². The molecule has 0 aliphatic carbocycles. The minimum absolute atomic E-state index is 0.185. The quantitative estimate of drug-likeness (QED) is 0.121. The summed E-state index contributed by atoms with van der Waals surface area (Å²) in [7, 11) is 0. The molecule has 0 atom stereocenters.